The molecular formula is C15H12N2O. The van der Waals surface area contributed by atoms with Crippen molar-refractivity contribution in [3.63, 3.8) is 0 Å². The summed E-state index contributed by atoms with van der Waals surface area (Å²) < 4.78 is 0. The predicted octanol–water partition coefficient (Wildman–Crippen LogP) is 3.13. The lowest BCUT2D eigenvalue weighted by Gasteiger charge is -1.89. The Morgan fingerprint density at radius 2 is 1.44 bits per heavy atom. The zero-order valence-corrected chi connectivity index (χ0v) is 9.96. The first-order valence-corrected chi connectivity index (χ1v) is 5.32. The van der Waals surface area contributed by atoms with Gasteiger partial charge in [0, 0.05) is 0 Å². The molecule has 0 heterocycles. The van der Waals surface area contributed by atoms with E-state index in [4.69, 9.17) is 15.6 Å². The van der Waals surface area contributed by atoms with E-state index >= 15 is 0 Å². The van der Waals surface area contributed by atoms with Crippen LogP contribution >= 0.6 is 0 Å². The predicted molar refractivity (Wildman–Crippen MR) is 68.7 cm³/mol. The molecule has 0 unspecified atom stereocenters. The number of nitrogens with zero attached hydrogens (tertiary/aromatic N) is 2. The van der Waals surface area contributed by atoms with Crippen LogP contribution < -0.4 is 0 Å². The van der Waals surface area contributed by atoms with Crippen LogP contribution in [0.4, 0.5) is 0 Å². The maximum absolute atomic E-state index is 8.81. The standard InChI is InChI=1S/C8H4N2.C7H8O/c9-5-7-3-1-2-4-8(7)6-10;1-6-3-2-4-7(8)5-6/h1-4H;2-5,8H,1H3. The molecule has 0 aliphatic heterocycles. The van der Waals surface area contributed by atoms with Gasteiger partial charge in [-0.3, -0.25) is 0 Å². The Kier molecular flexibility index (Phi) is 4.97. The highest BCUT2D eigenvalue weighted by molar-refractivity contribution is 5.44. The van der Waals surface area contributed by atoms with Crippen molar-refractivity contribution in [1.29, 1.82) is 10.5 Å². The lowest BCUT2D eigenvalue weighted by molar-refractivity contribution is 0.475. The van der Waals surface area contributed by atoms with Gasteiger partial charge in [-0.15, -0.1) is 0 Å². The summed E-state index contributed by atoms with van der Waals surface area (Å²) in [6.45, 7) is 1.94. The topological polar surface area (TPSA) is 67.8 Å². The van der Waals surface area contributed by atoms with Crippen molar-refractivity contribution < 1.29 is 5.11 Å². The third kappa shape index (κ3) is 4.00. The van der Waals surface area contributed by atoms with Crippen LogP contribution in [-0.2, 0) is 0 Å². The minimum absolute atomic E-state index is 0.338. The third-order valence-corrected chi connectivity index (χ3v) is 2.17. The summed E-state index contributed by atoms with van der Waals surface area (Å²) in [5.41, 5.74) is 1.96. The number of aryl methyl sites for hydroxylation is 1. The van der Waals surface area contributed by atoms with Crippen molar-refractivity contribution in [1.82, 2.24) is 0 Å². The van der Waals surface area contributed by atoms with Crippen LogP contribution in [0, 0.1) is 29.6 Å². The minimum Gasteiger partial charge on any atom is -0.508 e. The molecule has 88 valence electrons. The van der Waals surface area contributed by atoms with E-state index in [1.54, 1.807) is 36.4 Å². The molecule has 18 heavy (non-hydrogen) atoms. The summed E-state index contributed by atoms with van der Waals surface area (Å²) in [6, 6.07) is 17.7. The summed E-state index contributed by atoms with van der Waals surface area (Å²) in [5, 5.41) is 25.7. The van der Waals surface area contributed by atoms with Crippen LogP contribution in [0.15, 0.2) is 48.5 Å². The van der Waals surface area contributed by atoms with E-state index in [0.29, 0.717) is 16.9 Å². The van der Waals surface area contributed by atoms with E-state index in [1.165, 1.54) is 0 Å². The van der Waals surface area contributed by atoms with Crippen molar-refractivity contribution in [3.05, 3.63) is 65.2 Å². The molecule has 0 aliphatic rings. The van der Waals surface area contributed by atoms with Gasteiger partial charge in [-0.25, -0.2) is 0 Å². The average molecular weight is 236 g/mol. The fourth-order valence-corrected chi connectivity index (χ4v) is 1.31. The van der Waals surface area contributed by atoms with E-state index in [1.807, 2.05) is 31.2 Å². The molecule has 0 aliphatic carbocycles. The van der Waals surface area contributed by atoms with Gasteiger partial charge in [-0.1, -0.05) is 24.3 Å². The van der Waals surface area contributed by atoms with Crippen molar-refractivity contribution in [2.24, 2.45) is 0 Å². The highest BCUT2D eigenvalue weighted by atomic mass is 16.3. The third-order valence-electron chi connectivity index (χ3n) is 2.17. The van der Waals surface area contributed by atoms with E-state index in [-0.39, 0.29) is 0 Å². The van der Waals surface area contributed by atoms with Gasteiger partial charge in [0.2, 0.25) is 0 Å². The van der Waals surface area contributed by atoms with Gasteiger partial charge in [0.15, 0.2) is 0 Å². The molecule has 0 radical (unpaired) electrons. The quantitative estimate of drug-likeness (QED) is 0.764. The normalized spacial score (nSPS) is 8.39. The highest BCUT2D eigenvalue weighted by Gasteiger charge is 1.95. The summed E-state index contributed by atoms with van der Waals surface area (Å²) >= 11 is 0. The number of phenolic OH excluding ortho intramolecular Hbond substituents is 1. The molecule has 2 aromatic carbocycles. The first kappa shape index (κ1) is 13.3. The van der Waals surface area contributed by atoms with Crippen LogP contribution in [0.1, 0.15) is 16.7 Å². The van der Waals surface area contributed by atoms with Crippen molar-refractivity contribution in [3.8, 4) is 17.9 Å². The molecule has 3 nitrogen and oxygen atoms in total. The Hall–Kier alpha value is -2.78. The molecule has 1 N–H and O–H groups in total. The van der Waals surface area contributed by atoms with E-state index in [2.05, 4.69) is 0 Å². The monoisotopic (exact) mass is 236 g/mol. The highest BCUT2D eigenvalue weighted by Crippen LogP contribution is 2.08. The second-order valence-corrected chi connectivity index (χ2v) is 3.61. The summed E-state index contributed by atoms with van der Waals surface area (Å²) in [5.74, 6) is 0.338. The van der Waals surface area contributed by atoms with Crippen LogP contribution in [0.25, 0.3) is 0 Å². The smallest absolute Gasteiger partial charge is 0.115 e. The molecule has 0 aromatic heterocycles. The maximum Gasteiger partial charge on any atom is 0.115 e. The summed E-state index contributed by atoms with van der Waals surface area (Å²) in [6.07, 6.45) is 0. The SMILES string of the molecule is Cc1cccc(O)c1.N#Cc1ccccc1C#N. The number of nitriles is 2. The molecule has 2 aromatic rings. The number of rotatable bonds is 0. The van der Waals surface area contributed by atoms with E-state index in [9.17, 15) is 0 Å². The number of phenols is 1. The molecule has 2 rings (SSSR count). The Morgan fingerprint density at radius 1 is 0.889 bits per heavy atom. The largest absolute Gasteiger partial charge is 0.508 e. The zero-order valence-electron chi connectivity index (χ0n) is 9.96. The first-order chi connectivity index (χ1) is 8.67. The number of aromatic hydroxyl groups is 1. The van der Waals surface area contributed by atoms with Crippen molar-refractivity contribution in [2.75, 3.05) is 0 Å². The van der Waals surface area contributed by atoms with Crippen molar-refractivity contribution >= 4 is 0 Å². The van der Waals surface area contributed by atoms with Crippen LogP contribution in [0.3, 0.4) is 0 Å². The van der Waals surface area contributed by atoms with Crippen molar-refractivity contribution in [2.45, 2.75) is 6.92 Å². The fourth-order valence-electron chi connectivity index (χ4n) is 1.31. The van der Waals surface area contributed by atoms with Crippen LogP contribution in [0.5, 0.6) is 5.75 Å². The molecule has 0 bridgehead atoms. The molecule has 0 fully saturated rings. The number of hydrogen-bond donors (Lipinski definition) is 1. The van der Waals surface area contributed by atoms with E-state index < -0.39 is 0 Å². The van der Waals surface area contributed by atoms with Gasteiger partial charge in [0.05, 0.1) is 11.1 Å². The van der Waals surface area contributed by atoms with Crippen LogP contribution in [0.2, 0.25) is 0 Å². The Balaban J connectivity index is 0.000000184. The average Bonchev–Trinajstić information content (AvgIpc) is 2.39. The molecular weight excluding hydrogens is 224 g/mol. The second-order valence-electron chi connectivity index (χ2n) is 3.61. The Morgan fingerprint density at radius 3 is 1.78 bits per heavy atom. The first-order valence-electron chi connectivity index (χ1n) is 5.32. The summed E-state index contributed by atoms with van der Waals surface area (Å²) in [4.78, 5) is 0. The van der Waals surface area contributed by atoms with Gasteiger partial charge in [-0.2, -0.15) is 10.5 Å². The van der Waals surface area contributed by atoms with Gasteiger partial charge in [0.25, 0.3) is 0 Å². The molecule has 3 heteroatoms. The van der Waals surface area contributed by atoms with E-state index in [0.717, 1.165) is 5.56 Å². The Bertz CT molecular complexity index is 556. The lowest BCUT2D eigenvalue weighted by Crippen LogP contribution is -1.79. The summed E-state index contributed by atoms with van der Waals surface area (Å²) in [7, 11) is 0. The molecule has 0 spiro atoms. The number of hydrogen-bond acceptors (Lipinski definition) is 3. The second kappa shape index (κ2) is 6.73. The molecule has 0 atom stereocenters. The van der Waals surface area contributed by atoms with Gasteiger partial charge in [-0.05, 0) is 36.8 Å². The molecule has 0 saturated heterocycles. The van der Waals surface area contributed by atoms with Gasteiger partial charge in [0.1, 0.15) is 17.9 Å². The van der Waals surface area contributed by atoms with Crippen LogP contribution in [-0.4, -0.2) is 5.11 Å². The Labute approximate surface area is 106 Å². The number of benzene rings is 2. The zero-order chi connectivity index (χ0) is 13.4. The maximum atomic E-state index is 8.81. The lowest BCUT2D eigenvalue weighted by atomic mass is 10.1. The minimum atomic E-state index is 0.338. The van der Waals surface area contributed by atoms with Gasteiger partial charge >= 0.3 is 0 Å². The van der Waals surface area contributed by atoms with Gasteiger partial charge < -0.3 is 5.11 Å². The molecule has 0 saturated carbocycles. The fraction of sp³-hybridized carbons (Fsp3) is 0.0667. The molecule has 0 amide bonds.